The van der Waals surface area contributed by atoms with E-state index in [-0.39, 0.29) is 4.21 Å². The van der Waals surface area contributed by atoms with Crippen molar-refractivity contribution in [3.05, 3.63) is 51.3 Å². The second-order valence-electron chi connectivity index (χ2n) is 3.90. The molecule has 0 aliphatic heterocycles. The standard InChI is InChI=1S/C12H11BrN2O3S2/c1-8-6-7-11(19-8)20(17,18)15-14-12(16)9-4-2-3-5-10(9)13/h2-7,15H,1H3,(H,14,16). The van der Waals surface area contributed by atoms with Crippen LogP contribution in [0.15, 0.2) is 45.1 Å². The Morgan fingerprint density at radius 1 is 1.20 bits per heavy atom. The Bertz CT molecular complexity index is 741. The summed E-state index contributed by atoms with van der Waals surface area (Å²) in [4.78, 5) is 14.8. The lowest BCUT2D eigenvalue weighted by Crippen LogP contribution is -2.41. The molecule has 20 heavy (non-hydrogen) atoms. The third-order valence-corrected chi connectivity index (χ3v) is 5.83. The summed E-state index contributed by atoms with van der Waals surface area (Å²) in [5.41, 5.74) is 2.53. The molecular formula is C12H11BrN2O3S2. The summed E-state index contributed by atoms with van der Waals surface area (Å²) in [7, 11) is -3.73. The van der Waals surface area contributed by atoms with Crippen LogP contribution in [0, 0.1) is 6.92 Å². The van der Waals surface area contributed by atoms with Crippen LogP contribution in [0.5, 0.6) is 0 Å². The number of hydrogen-bond donors (Lipinski definition) is 2. The molecule has 0 spiro atoms. The van der Waals surface area contributed by atoms with E-state index in [1.165, 1.54) is 6.07 Å². The van der Waals surface area contributed by atoms with Gasteiger partial charge in [-0.25, -0.2) is 8.42 Å². The van der Waals surface area contributed by atoms with Gasteiger partial charge in [-0.1, -0.05) is 12.1 Å². The number of nitrogens with one attached hydrogen (secondary N) is 2. The molecule has 2 aromatic rings. The highest BCUT2D eigenvalue weighted by atomic mass is 79.9. The van der Waals surface area contributed by atoms with Gasteiger partial charge in [-0.05, 0) is 47.1 Å². The highest BCUT2D eigenvalue weighted by molar-refractivity contribution is 9.10. The second-order valence-corrected chi connectivity index (χ2v) is 7.96. The van der Waals surface area contributed by atoms with E-state index in [9.17, 15) is 13.2 Å². The smallest absolute Gasteiger partial charge is 0.267 e. The van der Waals surface area contributed by atoms with Gasteiger partial charge in [0.15, 0.2) is 0 Å². The minimum atomic E-state index is -3.73. The second kappa shape index (κ2) is 6.04. The van der Waals surface area contributed by atoms with Crippen LogP contribution >= 0.6 is 27.3 Å². The first-order valence-corrected chi connectivity index (χ1v) is 8.62. The average molecular weight is 375 g/mol. The molecule has 0 bridgehead atoms. The number of rotatable bonds is 4. The summed E-state index contributed by atoms with van der Waals surface area (Å²) in [5.74, 6) is -0.533. The Balaban J connectivity index is 2.09. The first-order valence-electron chi connectivity index (χ1n) is 5.53. The molecule has 0 unspecified atom stereocenters. The molecule has 0 radical (unpaired) electrons. The van der Waals surface area contributed by atoms with Gasteiger partial charge in [-0.3, -0.25) is 10.2 Å². The molecule has 0 saturated heterocycles. The molecule has 106 valence electrons. The molecule has 0 aliphatic carbocycles. The van der Waals surface area contributed by atoms with Crippen molar-refractivity contribution in [1.82, 2.24) is 10.3 Å². The molecule has 0 saturated carbocycles. The Morgan fingerprint density at radius 3 is 2.50 bits per heavy atom. The van der Waals surface area contributed by atoms with Crippen LogP contribution < -0.4 is 10.3 Å². The summed E-state index contributed by atoms with van der Waals surface area (Å²) in [6.07, 6.45) is 0. The van der Waals surface area contributed by atoms with E-state index in [1.54, 1.807) is 30.3 Å². The number of hydrazine groups is 1. The van der Waals surface area contributed by atoms with Gasteiger partial charge in [0.05, 0.1) is 5.56 Å². The van der Waals surface area contributed by atoms with Crippen LogP contribution in [0.25, 0.3) is 0 Å². The predicted octanol–water partition coefficient (Wildman–Crippen LogP) is 2.44. The lowest BCUT2D eigenvalue weighted by Gasteiger charge is -2.08. The maximum absolute atomic E-state index is 11.9. The fraction of sp³-hybridized carbons (Fsp3) is 0.0833. The number of carbonyl (C=O) groups excluding carboxylic acids is 1. The van der Waals surface area contributed by atoms with Crippen molar-refractivity contribution >= 4 is 43.2 Å². The zero-order valence-corrected chi connectivity index (χ0v) is 13.6. The Hall–Kier alpha value is -1.22. The van der Waals surface area contributed by atoms with Gasteiger partial charge in [0.2, 0.25) is 0 Å². The van der Waals surface area contributed by atoms with Gasteiger partial charge in [0.25, 0.3) is 15.9 Å². The van der Waals surface area contributed by atoms with Gasteiger partial charge < -0.3 is 0 Å². The highest BCUT2D eigenvalue weighted by Gasteiger charge is 2.18. The van der Waals surface area contributed by atoms with E-state index in [0.717, 1.165) is 16.2 Å². The fourth-order valence-electron chi connectivity index (χ4n) is 1.43. The van der Waals surface area contributed by atoms with Crippen LogP contribution in [0.3, 0.4) is 0 Å². The van der Waals surface area contributed by atoms with E-state index in [2.05, 4.69) is 26.2 Å². The molecule has 2 rings (SSSR count). The van der Waals surface area contributed by atoms with E-state index in [1.807, 2.05) is 6.92 Å². The van der Waals surface area contributed by atoms with Crippen LogP contribution in [-0.2, 0) is 10.0 Å². The average Bonchev–Trinajstić information content (AvgIpc) is 2.84. The SMILES string of the molecule is Cc1ccc(S(=O)(=O)NNC(=O)c2ccccc2Br)s1. The summed E-state index contributed by atoms with van der Waals surface area (Å²) in [6, 6.07) is 9.94. The molecule has 0 aliphatic rings. The Morgan fingerprint density at radius 2 is 1.90 bits per heavy atom. The topological polar surface area (TPSA) is 75.3 Å². The maximum atomic E-state index is 11.9. The Kier molecular flexibility index (Phi) is 4.59. The van der Waals surface area contributed by atoms with Gasteiger partial charge in [-0.2, -0.15) is 0 Å². The van der Waals surface area contributed by atoms with Gasteiger partial charge in [-0.15, -0.1) is 16.2 Å². The van der Waals surface area contributed by atoms with Crippen molar-refractivity contribution < 1.29 is 13.2 Å². The zero-order chi connectivity index (χ0) is 14.8. The van der Waals surface area contributed by atoms with Crippen LogP contribution in [-0.4, -0.2) is 14.3 Å². The Labute approximate surface area is 129 Å². The first kappa shape index (κ1) is 15.2. The summed E-state index contributed by atoms with van der Waals surface area (Å²) in [6.45, 7) is 1.81. The van der Waals surface area contributed by atoms with Crippen LogP contribution in [0.4, 0.5) is 0 Å². The summed E-state index contributed by atoms with van der Waals surface area (Å²) < 4.78 is 24.6. The van der Waals surface area contributed by atoms with E-state index < -0.39 is 15.9 Å². The molecular weight excluding hydrogens is 364 g/mol. The summed E-state index contributed by atoms with van der Waals surface area (Å²) >= 11 is 4.36. The minimum Gasteiger partial charge on any atom is -0.273 e. The van der Waals surface area contributed by atoms with E-state index in [4.69, 9.17) is 0 Å². The van der Waals surface area contributed by atoms with Crippen molar-refractivity contribution in [3.8, 4) is 0 Å². The molecule has 1 amide bonds. The van der Waals surface area contributed by atoms with E-state index in [0.29, 0.717) is 10.0 Å². The quantitative estimate of drug-likeness (QED) is 0.807. The number of benzene rings is 1. The monoisotopic (exact) mass is 374 g/mol. The summed E-state index contributed by atoms with van der Waals surface area (Å²) in [5, 5.41) is 0. The van der Waals surface area contributed by atoms with Crippen molar-refractivity contribution in [2.45, 2.75) is 11.1 Å². The molecule has 5 nitrogen and oxygen atoms in total. The number of amides is 1. The van der Waals surface area contributed by atoms with Crippen molar-refractivity contribution in [3.63, 3.8) is 0 Å². The number of aryl methyl sites for hydroxylation is 1. The molecule has 1 aromatic heterocycles. The van der Waals surface area contributed by atoms with Crippen molar-refractivity contribution in [2.75, 3.05) is 0 Å². The third-order valence-electron chi connectivity index (χ3n) is 2.40. The molecule has 0 atom stereocenters. The first-order chi connectivity index (χ1) is 9.40. The fourth-order valence-corrected chi connectivity index (χ4v) is 4.02. The minimum absolute atomic E-state index is 0.155. The highest BCUT2D eigenvalue weighted by Crippen LogP contribution is 2.20. The lowest BCUT2D eigenvalue weighted by molar-refractivity contribution is 0.0944. The van der Waals surface area contributed by atoms with Gasteiger partial charge in [0, 0.05) is 9.35 Å². The molecule has 1 heterocycles. The van der Waals surface area contributed by atoms with E-state index >= 15 is 0 Å². The van der Waals surface area contributed by atoms with Gasteiger partial charge in [0.1, 0.15) is 4.21 Å². The largest absolute Gasteiger partial charge is 0.273 e. The molecule has 0 fully saturated rings. The number of carbonyl (C=O) groups is 1. The number of halogens is 1. The number of thiophene rings is 1. The van der Waals surface area contributed by atoms with Crippen molar-refractivity contribution in [1.29, 1.82) is 0 Å². The predicted molar refractivity (Wildman–Crippen MR) is 81.0 cm³/mol. The lowest BCUT2D eigenvalue weighted by atomic mass is 10.2. The van der Waals surface area contributed by atoms with Crippen LogP contribution in [0.1, 0.15) is 15.2 Å². The molecule has 1 aromatic carbocycles. The number of hydrogen-bond acceptors (Lipinski definition) is 4. The molecule has 2 N–H and O–H groups in total. The number of sulfonamides is 1. The zero-order valence-electron chi connectivity index (χ0n) is 10.4. The molecule has 8 heteroatoms. The maximum Gasteiger partial charge on any atom is 0.267 e. The normalized spacial score (nSPS) is 11.3. The van der Waals surface area contributed by atoms with Gasteiger partial charge >= 0.3 is 0 Å². The third kappa shape index (κ3) is 3.45. The van der Waals surface area contributed by atoms with Crippen LogP contribution in [0.2, 0.25) is 0 Å². The van der Waals surface area contributed by atoms with Crippen molar-refractivity contribution in [2.24, 2.45) is 0 Å².